The zero-order chi connectivity index (χ0) is 13.3. The number of benzene rings is 1. The first-order valence-corrected chi connectivity index (χ1v) is 6.67. The van der Waals surface area contributed by atoms with Crippen molar-refractivity contribution >= 4 is 5.78 Å². The summed E-state index contributed by atoms with van der Waals surface area (Å²) in [7, 11) is 0. The van der Waals surface area contributed by atoms with Crippen molar-refractivity contribution in [3.8, 4) is 5.75 Å². The van der Waals surface area contributed by atoms with Crippen LogP contribution in [-0.4, -0.2) is 12.4 Å². The van der Waals surface area contributed by atoms with Gasteiger partial charge >= 0.3 is 0 Å². The van der Waals surface area contributed by atoms with Crippen molar-refractivity contribution in [2.45, 2.75) is 40.5 Å². The summed E-state index contributed by atoms with van der Waals surface area (Å²) in [6.07, 6.45) is 1.54. The zero-order valence-corrected chi connectivity index (χ0v) is 11.7. The summed E-state index contributed by atoms with van der Waals surface area (Å²) < 4.78 is 5.46. The molecule has 2 heteroatoms. The maximum Gasteiger partial charge on any atom is 0.163 e. The van der Waals surface area contributed by atoms with E-state index >= 15 is 0 Å². The number of Topliss-reactive ketones (excluding diaryl/α,β-unsaturated/α-hetero) is 1. The average molecular weight is 246 g/mol. The SMILES string of the molecule is CC(CC(=O)c1ccc2c(c1)CCO2)C(C)(C)C. The Morgan fingerprint density at radius 3 is 2.78 bits per heavy atom. The lowest BCUT2D eigenvalue weighted by Crippen LogP contribution is -2.20. The molecular weight excluding hydrogens is 224 g/mol. The van der Waals surface area contributed by atoms with E-state index in [2.05, 4.69) is 27.7 Å². The molecular formula is C16H22O2. The van der Waals surface area contributed by atoms with Gasteiger partial charge in [-0.1, -0.05) is 27.7 Å². The van der Waals surface area contributed by atoms with Crippen LogP contribution in [0.3, 0.4) is 0 Å². The van der Waals surface area contributed by atoms with Crippen LogP contribution in [0.25, 0.3) is 0 Å². The first-order valence-electron chi connectivity index (χ1n) is 6.67. The van der Waals surface area contributed by atoms with Crippen molar-refractivity contribution in [3.05, 3.63) is 29.3 Å². The predicted octanol–water partition coefficient (Wildman–Crippen LogP) is 3.88. The molecule has 1 atom stereocenters. The van der Waals surface area contributed by atoms with Crippen molar-refractivity contribution < 1.29 is 9.53 Å². The summed E-state index contributed by atoms with van der Waals surface area (Å²) in [6, 6.07) is 5.82. The average Bonchev–Trinajstić information content (AvgIpc) is 2.74. The fourth-order valence-electron chi connectivity index (χ4n) is 2.06. The van der Waals surface area contributed by atoms with Crippen molar-refractivity contribution in [1.82, 2.24) is 0 Å². The molecule has 0 saturated carbocycles. The Bertz CT molecular complexity index is 455. The molecule has 0 spiro atoms. The van der Waals surface area contributed by atoms with Gasteiger partial charge in [-0.25, -0.2) is 0 Å². The highest BCUT2D eigenvalue weighted by molar-refractivity contribution is 5.96. The molecule has 2 rings (SSSR count). The molecule has 2 nitrogen and oxygen atoms in total. The maximum absolute atomic E-state index is 12.3. The third-order valence-electron chi connectivity index (χ3n) is 3.98. The van der Waals surface area contributed by atoms with Crippen LogP contribution < -0.4 is 4.74 Å². The summed E-state index contributed by atoms with van der Waals surface area (Å²) in [5.74, 6) is 1.57. The Balaban J connectivity index is 2.10. The minimum absolute atomic E-state index is 0.176. The molecule has 18 heavy (non-hydrogen) atoms. The van der Waals surface area contributed by atoms with Crippen LogP contribution >= 0.6 is 0 Å². The molecule has 0 fully saturated rings. The number of hydrogen-bond acceptors (Lipinski definition) is 2. The number of hydrogen-bond donors (Lipinski definition) is 0. The highest BCUT2D eigenvalue weighted by Crippen LogP contribution is 2.31. The zero-order valence-electron chi connectivity index (χ0n) is 11.7. The Labute approximate surface area is 109 Å². The first-order chi connectivity index (χ1) is 8.38. The number of carbonyl (C=O) groups excluding carboxylic acids is 1. The molecule has 1 aromatic rings. The summed E-state index contributed by atoms with van der Waals surface area (Å²) in [5.41, 5.74) is 2.18. The van der Waals surface area contributed by atoms with E-state index in [-0.39, 0.29) is 11.2 Å². The number of ether oxygens (including phenoxy) is 1. The van der Waals surface area contributed by atoms with Gasteiger partial charge in [0.25, 0.3) is 0 Å². The molecule has 0 aromatic heterocycles. The minimum atomic E-state index is 0.176. The van der Waals surface area contributed by atoms with E-state index in [1.54, 1.807) is 0 Å². The van der Waals surface area contributed by atoms with E-state index in [1.165, 1.54) is 5.56 Å². The van der Waals surface area contributed by atoms with Crippen LogP contribution in [-0.2, 0) is 6.42 Å². The molecule has 1 aliphatic heterocycles. The van der Waals surface area contributed by atoms with Crippen LogP contribution in [0, 0.1) is 11.3 Å². The number of fused-ring (bicyclic) bond motifs is 1. The maximum atomic E-state index is 12.3. The van der Waals surface area contributed by atoms with Gasteiger partial charge in [0.05, 0.1) is 6.61 Å². The largest absolute Gasteiger partial charge is 0.493 e. The number of carbonyl (C=O) groups is 1. The molecule has 0 radical (unpaired) electrons. The van der Waals surface area contributed by atoms with Crippen LogP contribution in [0.1, 0.15) is 50.0 Å². The normalized spacial score (nSPS) is 16.0. The van der Waals surface area contributed by atoms with Crippen LogP contribution in [0.2, 0.25) is 0 Å². The molecule has 0 bridgehead atoms. The molecule has 1 aliphatic rings. The molecule has 1 heterocycles. The van der Waals surface area contributed by atoms with Gasteiger partial charge in [-0.05, 0) is 35.1 Å². The van der Waals surface area contributed by atoms with E-state index in [0.717, 1.165) is 24.3 Å². The van der Waals surface area contributed by atoms with Gasteiger partial charge in [0.15, 0.2) is 5.78 Å². The molecule has 0 N–H and O–H groups in total. The van der Waals surface area contributed by atoms with E-state index in [9.17, 15) is 4.79 Å². The fourth-order valence-corrected chi connectivity index (χ4v) is 2.06. The van der Waals surface area contributed by atoms with Crippen molar-refractivity contribution in [2.24, 2.45) is 11.3 Å². The van der Waals surface area contributed by atoms with Gasteiger partial charge in [0.1, 0.15) is 5.75 Å². The number of ketones is 1. The summed E-state index contributed by atoms with van der Waals surface area (Å²) >= 11 is 0. The lowest BCUT2D eigenvalue weighted by molar-refractivity contribution is 0.0927. The lowest BCUT2D eigenvalue weighted by Gasteiger charge is -2.26. The van der Waals surface area contributed by atoms with E-state index in [4.69, 9.17) is 4.74 Å². The van der Waals surface area contributed by atoms with Crippen LogP contribution in [0.5, 0.6) is 5.75 Å². The van der Waals surface area contributed by atoms with Gasteiger partial charge < -0.3 is 4.74 Å². The number of rotatable bonds is 3. The van der Waals surface area contributed by atoms with Crippen molar-refractivity contribution in [1.29, 1.82) is 0 Å². The smallest absolute Gasteiger partial charge is 0.163 e. The second-order valence-corrected chi connectivity index (χ2v) is 6.32. The van der Waals surface area contributed by atoms with E-state index in [0.29, 0.717) is 12.3 Å². The Morgan fingerprint density at radius 1 is 1.39 bits per heavy atom. The van der Waals surface area contributed by atoms with Crippen LogP contribution in [0.4, 0.5) is 0 Å². The van der Waals surface area contributed by atoms with Crippen LogP contribution in [0.15, 0.2) is 18.2 Å². The second kappa shape index (κ2) is 4.75. The summed E-state index contributed by atoms with van der Waals surface area (Å²) in [5, 5.41) is 0. The second-order valence-electron chi connectivity index (χ2n) is 6.32. The predicted molar refractivity (Wildman–Crippen MR) is 73.2 cm³/mol. The standard InChI is InChI=1S/C16H22O2/c1-11(16(2,3)4)9-14(17)12-5-6-15-13(10-12)7-8-18-15/h5-6,10-11H,7-9H2,1-4H3. The highest BCUT2D eigenvalue weighted by atomic mass is 16.5. The van der Waals surface area contributed by atoms with Gasteiger partial charge in [-0.15, -0.1) is 0 Å². The molecule has 98 valence electrons. The third-order valence-corrected chi connectivity index (χ3v) is 3.98. The lowest BCUT2D eigenvalue weighted by atomic mass is 9.78. The van der Waals surface area contributed by atoms with Gasteiger partial charge in [0.2, 0.25) is 0 Å². The Morgan fingerprint density at radius 2 is 2.11 bits per heavy atom. The van der Waals surface area contributed by atoms with E-state index in [1.807, 2.05) is 18.2 Å². The highest BCUT2D eigenvalue weighted by Gasteiger charge is 2.23. The summed E-state index contributed by atoms with van der Waals surface area (Å²) in [6.45, 7) is 9.43. The fraction of sp³-hybridized carbons (Fsp3) is 0.562. The first kappa shape index (κ1) is 13.1. The van der Waals surface area contributed by atoms with E-state index < -0.39 is 0 Å². The van der Waals surface area contributed by atoms with Gasteiger partial charge in [-0.3, -0.25) is 4.79 Å². The molecule has 0 amide bonds. The molecule has 1 unspecified atom stereocenters. The third kappa shape index (κ3) is 2.74. The molecule has 0 aliphatic carbocycles. The quantitative estimate of drug-likeness (QED) is 0.757. The minimum Gasteiger partial charge on any atom is -0.493 e. The monoisotopic (exact) mass is 246 g/mol. The Hall–Kier alpha value is -1.31. The Kier molecular flexibility index (Phi) is 3.47. The topological polar surface area (TPSA) is 26.3 Å². The van der Waals surface area contributed by atoms with Gasteiger partial charge in [-0.2, -0.15) is 0 Å². The van der Waals surface area contributed by atoms with Gasteiger partial charge in [0, 0.05) is 18.4 Å². The van der Waals surface area contributed by atoms with Crippen molar-refractivity contribution in [3.63, 3.8) is 0 Å². The van der Waals surface area contributed by atoms with Crippen molar-refractivity contribution in [2.75, 3.05) is 6.61 Å². The molecule has 0 saturated heterocycles. The molecule has 1 aromatic carbocycles. The summed E-state index contributed by atoms with van der Waals surface area (Å²) in [4.78, 5) is 12.3.